The fourth-order valence-electron chi connectivity index (χ4n) is 3.17. The van der Waals surface area contributed by atoms with Gasteiger partial charge >= 0.3 is 6.72 Å². The number of alkyl halides is 3. The minimum absolute atomic E-state index is 0.0521. The summed E-state index contributed by atoms with van der Waals surface area (Å²) < 4.78 is 24.9. The summed E-state index contributed by atoms with van der Waals surface area (Å²) in [5.41, 5.74) is 1.81. The maximum atomic E-state index is 6.18. The van der Waals surface area contributed by atoms with Gasteiger partial charge in [0.25, 0.3) is 0 Å². The van der Waals surface area contributed by atoms with E-state index < -0.39 is 10.5 Å². The number of rotatable bonds is 10. The van der Waals surface area contributed by atoms with Crippen LogP contribution in [0, 0.1) is 0 Å². The number of pyridine rings is 1. The van der Waals surface area contributed by atoms with E-state index in [0.29, 0.717) is 13.2 Å². The van der Waals surface area contributed by atoms with Crippen molar-refractivity contribution in [3.63, 3.8) is 0 Å². The van der Waals surface area contributed by atoms with Crippen molar-refractivity contribution >= 4 is 88.1 Å². The van der Waals surface area contributed by atoms with Crippen LogP contribution in [-0.2, 0) is 20.9 Å². The van der Waals surface area contributed by atoms with Crippen molar-refractivity contribution in [1.82, 2.24) is 4.98 Å². The Labute approximate surface area is 263 Å². The second-order valence-electron chi connectivity index (χ2n) is 7.44. The van der Waals surface area contributed by atoms with Crippen LogP contribution in [0.4, 0.5) is 0 Å². The summed E-state index contributed by atoms with van der Waals surface area (Å²) >= 11 is 41.2. The van der Waals surface area contributed by atoms with Crippen molar-refractivity contribution in [2.24, 2.45) is 0 Å². The summed E-state index contributed by atoms with van der Waals surface area (Å²) in [4.78, 5) is 3.90. The van der Waals surface area contributed by atoms with Crippen LogP contribution in [0.2, 0.25) is 15.2 Å². The fourth-order valence-corrected chi connectivity index (χ4v) is 6.51. The third-order valence-corrected chi connectivity index (χ3v) is 8.85. The molecule has 0 aliphatic rings. The number of nitrogens with zero attached hydrogens (tertiary/aromatic N) is 1. The molecular formula is C25H26Cl6NO5PS. The SMILES string of the molecule is CCOP(=S)(OCC)Oc1nc(Cl)c(Cl)cc1Cl.COc1ccc(C(c2ccc(OC)cc2)C(Cl)(Cl)Cl)cc1. The van der Waals surface area contributed by atoms with E-state index in [9.17, 15) is 0 Å². The summed E-state index contributed by atoms with van der Waals surface area (Å²) in [5.74, 6) is 1.20. The minimum atomic E-state index is -2.92. The first-order chi connectivity index (χ1) is 18.4. The van der Waals surface area contributed by atoms with Gasteiger partial charge in [-0.2, -0.15) is 4.98 Å². The Balaban J connectivity index is 0.000000277. The van der Waals surface area contributed by atoms with Crippen molar-refractivity contribution in [3.05, 3.63) is 80.9 Å². The van der Waals surface area contributed by atoms with E-state index in [-0.39, 0.29) is 27.0 Å². The summed E-state index contributed by atoms with van der Waals surface area (Å²) in [5, 5.41) is 0.499. The Bertz CT molecular complexity index is 1190. The lowest BCUT2D eigenvalue weighted by Gasteiger charge is -2.25. The number of methoxy groups -OCH3 is 2. The molecule has 0 radical (unpaired) electrons. The molecule has 2 aromatic carbocycles. The van der Waals surface area contributed by atoms with Gasteiger partial charge in [0.2, 0.25) is 9.67 Å². The quantitative estimate of drug-likeness (QED) is 0.119. The van der Waals surface area contributed by atoms with Gasteiger partial charge in [-0.05, 0) is 55.3 Å². The molecule has 0 N–H and O–H groups in total. The Kier molecular flexibility index (Phi) is 14.2. The lowest BCUT2D eigenvalue weighted by Crippen LogP contribution is -2.18. The Morgan fingerprint density at radius 1 is 0.795 bits per heavy atom. The van der Waals surface area contributed by atoms with E-state index >= 15 is 0 Å². The standard InChI is InChI=1S/C16H15Cl3O2.C9H11Cl3NO3PS/c1-20-13-7-3-11(4-8-13)15(16(17,18)19)12-5-9-14(21-2)10-6-12;1-3-14-17(18,15-4-2)16-9-7(11)5-6(10)8(12)13-9/h3-10,15H,1-2H3;5H,3-4H2,1-2H3. The van der Waals surface area contributed by atoms with Gasteiger partial charge in [-0.1, -0.05) is 93.9 Å². The Morgan fingerprint density at radius 3 is 1.59 bits per heavy atom. The van der Waals surface area contributed by atoms with Gasteiger partial charge in [0.15, 0.2) is 5.15 Å². The van der Waals surface area contributed by atoms with Crippen molar-refractivity contribution in [2.45, 2.75) is 23.6 Å². The predicted molar refractivity (Wildman–Crippen MR) is 166 cm³/mol. The van der Waals surface area contributed by atoms with E-state index in [1.807, 2.05) is 48.5 Å². The van der Waals surface area contributed by atoms with E-state index in [2.05, 4.69) is 4.98 Å². The highest BCUT2D eigenvalue weighted by Gasteiger charge is 2.35. The molecule has 0 unspecified atom stereocenters. The maximum Gasteiger partial charge on any atom is 0.381 e. The van der Waals surface area contributed by atoms with Gasteiger partial charge in [-0.15, -0.1) is 0 Å². The van der Waals surface area contributed by atoms with Gasteiger partial charge < -0.3 is 14.0 Å². The highest BCUT2D eigenvalue weighted by molar-refractivity contribution is 8.07. The number of hydrogen-bond acceptors (Lipinski definition) is 7. The van der Waals surface area contributed by atoms with Crippen LogP contribution in [0.3, 0.4) is 0 Å². The zero-order chi connectivity index (χ0) is 29.2. The van der Waals surface area contributed by atoms with Crippen LogP contribution in [0.15, 0.2) is 54.6 Å². The Morgan fingerprint density at radius 2 is 1.23 bits per heavy atom. The van der Waals surface area contributed by atoms with Crippen molar-refractivity contribution in [2.75, 3.05) is 27.4 Å². The third-order valence-electron chi connectivity index (χ3n) is 4.85. The van der Waals surface area contributed by atoms with Gasteiger partial charge in [0.05, 0.1) is 38.4 Å². The lowest BCUT2D eigenvalue weighted by molar-refractivity contribution is 0.216. The number of benzene rings is 2. The molecule has 0 atom stereocenters. The molecule has 3 rings (SSSR count). The smallest absolute Gasteiger partial charge is 0.381 e. The number of halogens is 6. The topological polar surface area (TPSA) is 59.0 Å². The Hall–Kier alpha value is -0.700. The largest absolute Gasteiger partial charge is 0.497 e. The summed E-state index contributed by atoms with van der Waals surface area (Å²) in [6.45, 7) is 1.37. The zero-order valence-electron chi connectivity index (χ0n) is 21.3. The molecular weight excluding hydrogens is 670 g/mol. The van der Waals surface area contributed by atoms with Crippen LogP contribution in [0.5, 0.6) is 17.4 Å². The highest BCUT2D eigenvalue weighted by Crippen LogP contribution is 2.51. The molecule has 0 aliphatic carbocycles. The van der Waals surface area contributed by atoms with Crippen LogP contribution in [-0.4, -0.2) is 36.2 Å². The second-order valence-corrected chi connectivity index (χ2v) is 13.9. The average Bonchev–Trinajstić information content (AvgIpc) is 2.88. The lowest BCUT2D eigenvalue weighted by atomic mass is 9.92. The third kappa shape index (κ3) is 10.6. The monoisotopic (exact) mass is 693 g/mol. The van der Waals surface area contributed by atoms with Crippen LogP contribution in [0.1, 0.15) is 30.9 Å². The first-order valence-corrected chi connectivity index (χ1v) is 16.1. The number of ether oxygens (including phenoxy) is 2. The van der Waals surface area contributed by atoms with E-state index in [1.165, 1.54) is 6.07 Å². The molecule has 0 saturated carbocycles. The molecule has 0 aliphatic heterocycles. The molecule has 1 aromatic heterocycles. The molecule has 3 aromatic rings. The van der Waals surface area contributed by atoms with E-state index in [1.54, 1.807) is 28.1 Å². The number of hydrogen-bond donors (Lipinski definition) is 0. The normalized spacial score (nSPS) is 11.6. The molecule has 1 heterocycles. The van der Waals surface area contributed by atoms with Gasteiger partial charge in [-0.25, -0.2) is 0 Å². The molecule has 0 spiro atoms. The molecule has 0 bridgehead atoms. The predicted octanol–water partition coefficient (Wildman–Crippen LogP) is 9.92. The van der Waals surface area contributed by atoms with Crippen LogP contribution in [0.25, 0.3) is 0 Å². The summed E-state index contributed by atoms with van der Waals surface area (Å²) in [6, 6.07) is 16.4. The summed E-state index contributed by atoms with van der Waals surface area (Å²) in [7, 11) is 3.23. The van der Waals surface area contributed by atoms with E-state index in [0.717, 1.165) is 22.6 Å². The van der Waals surface area contributed by atoms with Crippen molar-refractivity contribution < 1.29 is 23.0 Å². The van der Waals surface area contributed by atoms with Gasteiger partial charge in [0, 0.05) is 11.8 Å². The molecule has 39 heavy (non-hydrogen) atoms. The zero-order valence-corrected chi connectivity index (χ0v) is 27.5. The van der Waals surface area contributed by atoms with Crippen molar-refractivity contribution in [1.29, 1.82) is 0 Å². The first-order valence-electron chi connectivity index (χ1n) is 11.3. The van der Waals surface area contributed by atoms with Gasteiger partial charge in [0.1, 0.15) is 16.5 Å². The molecule has 6 nitrogen and oxygen atoms in total. The van der Waals surface area contributed by atoms with Crippen LogP contribution >= 0.6 is 76.3 Å². The second kappa shape index (κ2) is 16.1. The number of aromatic nitrogens is 1. The maximum absolute atomic E-state index is 6.18. The molecule has 214 valence electrons. The fraction of sp³-hybridized carbons (Fsp3) is 0.320. The first kappa shape index (κ1) is 34.5. The van der Waals surface area contributed by atoms with Crippen LogP contribution < -0.4 is 14.0 Å². The molecule has 0 saturated heterocycles. The molecule has 0 fully saturated rings. The summed E-state index contributed by atoms with van der Waals surface area (Å²) in [6.07, 6.45) is 0. The highest BCUT2D eigenvalue weighted by atomic mass is 35.6. The average molecular weight is 696 g/mol. The van der Waals surface area contributed by atoms with E-state index in [4.69, 9.17) is 104 Å². The minimum Gasteiger partial charge on any atom is -0.497 e. The molecule has 0 amide bonds. The molecule has 14 heteroatoms. The van der Waals surface area contributed by atoms with Crippen molar-refractivity contribution in [3.8, 4) is 17.4 Å². The van der Waals surface area contributed by atoms with Gasteiger partial charge in [-0.3, -0.25) is 9.05 Å².